The number of nitrogens with zero attached hydrogens (tertiary/aromatic N) is 2. The first kappa shape index (κ1) is 31.0. The highest BCUT2D eigenvalue weighted by Crippen LogP contribution is 2.64. The van der Waals surface area contributed by atoms with Gasteiger partial charge in [-0.1, -0.05) is 6.07 Å². The summed E-state index contributed by atoms with van der Waals surface area (Å²) in [6.45, 7) is 3.69. The molecule has 0 radical (unpaired) electrons. The van der Waals surface area contributed by atoms with Gasteiger partial charge in [0.05, 0.1) is 16.0 Å². The van der Waals surface area contributed by atoms with Gasteiger partial charge in [0.25, 0.3) is 0 Å². The molecule has 12 heteroatoms. The van der Waals surface area contributed by atoms with E-state index in [1.54, 1.807) is 28.8 Å². The summed E-state index contributed by atoms with van der Waals surface area (Å²) in [6, 6.07) is 8.06. The van der Waals surface area contributed by atoms with E-state index in [2.05, 4.69) is 0 Å². The number of benzene rings is 2. The van der Waals surface area contributed by atoms with E-state index in [-0.39, 0.29) is 30.2 Å². The lowest BCUT2D eigenvalue weighted by Crippen LogP contribution is -2.41. The van der Waals surface area contributed by atoms with E-state index in [9.17, 15) is 31.5 Å². The Kier molecular flexibility index (Phi) is 8.06. The van der Waals surface area contributed by atoms with Gasteiger partial charge < -0.3 is 14.7 Å². The van der Waals surface area contributed by atoms with Crippen LogP contribution in [0.3, 0.4) is 0 Å². The lowest BCUT2D eigenvalue weighted by molar-refractivity contribution is -0.148. The molecule has 0 aromatic heterocycles. The SMILES string of the molecule is CN1[C@H](CCC(C)(F)F)CN(c2cccc(F)c2)c2cc(SC3CC4(CC4)C3)c(OCC(C)(C)C(=O)O)cc2S1(=O)=O. The summed E-state index contributed by atoms with van der Waals surface area (Å²) in [5.74, 6) is -4.31. The summed E-state index contributed by atoms with van der Waals surface area (Å²) >= 11 is 1.57. The summed E-state index contributed by atoms with van der Waals surface area (Å²) in [6.07, 6.45) is 3.86. The van der Waals surface area contributed by atoms with Crippen LogP contribution in [0.5, 0.6) is 5.75 Å². The Labute approximate surface area is 249 Å². The van der Waals surface area contributed by atoms with Crippen LogP contribution < -0.4 is 9.64 Å². The van der Waals surface area contributed by atoms with Crippen molar-refractivity contribution in [1.82, 2.24) is 4.31 Å². The number of hydrogen-bond donors (Lipinski definition) is 1. The predicted molar refractivity (Wildman–Crippen MR) is 156 cm³/mol. The first-order valence-corrected chi connectivity index (χ1v) is 16.4. The highest BCUT2D eigenvalue weighted by Gasteiger charge is 2.53. The zero-order valence-electron chi connectivity index (χ0n) is 24.2. The minimum absolute atomic E-state index is 0.0329. The fourth-order valence-electron chi connectivity index (χ4n) is 5.58. The molecule has 2 fully saturated rings. The third kappa shape index (κ3) is 6.40. The van der Waals surface area contributed by atoms with E-state index in [4.69, 9.17) is 4.74 Å². The van der Waals surface area contributed by atoms with Gasteiger partial charge in [-0.25, -0.2) is 21.6 Å². The van der Waals surface area contributed by atoms with Gasteiger partial charge in [-0.2, -0.15) is 4.31 Å². The monoisotopic (exact) mass is 626 g/mol. The van der Waals surface area contributed by atoms with Crippen LogP contribution in [0.1, 0.15) is 59.3 Å². The number of likely N-dealkylation sites (N-methyl/N-ethyl adjacent to an activating group) is 1. The van der Waals surface area contributed by atoms with Gasteiger partial charge in [0.15, 0.2) is 0 Å². The van der Waals surface area contributed by atoms with Crippen molar-refractivity contribution in [1.29, 1.82) is 0 Å². The Morgan fingerprint density at radius 2 is 1.86 bits per heavy atom. The van der Waals surface area contributed by atoms with Crippen LogP contribution in [0.2, 0.25) is 0 Å². The van der Waals surface area contributed by atoms with E-state index in [0.29, 0.717) is 26.9 Å². The minimum Gasteiger partial charge on any atom is -0.491 e. The number of sulfonamides is 1. The van der Waals surface area contributed by atoms with Crippen molar-refractivity contribution in [3.8, 4) is 5.75 Å². The Hall–Kier alpha value is -2.44. The fourth-order valence-corrected chi connectivity index (χ4v) is 8.79. The first-order valence-electron chi connectivity index (χ1n) is 14.1. The minimum atomic E-state index is -4.22. The van der Waals surface area contributed by atoms with Crippen molar-refractivity contribution in [3.63, 3.8) is 0 Å². The number of fused-ring (bicyclic) bond motifs is 1. The Morgan fingerprint density at radius 1 is 1.17 bits per heavy atom. The number of hydrogen-bond acceptors (Lipinski definition) is 6. The molecule has 1 N–H and O–H groups in total. The van der Waals surface area contributed by atoms with Gasteiger partial charge >= 0.3 is 5.97 Å². The standard InChI is InChI=1S/C30H37F3N2O5S2/c1-28(2,27(36)37)18-40-24-14-26-23(13-25(24)41-22-15-30(16-22)10-11-30)35(20-7-5-6-19(31)12-20)17-21(8-9-29(3,32)33)34(4)42(26,38)39/h5-7,12-14,21-22H,8-11,15-18H2,1-4H3,(H,36,37)/t21-/m1/s1. The van der Waals surface area contributed by atoms with Crippen LogP contribution in [0.25, 0.3) is 0 Å². The van der Waals surface area contributed by atoms with Crippen LogP contribution in [-0.2, 0) is 14.8 Å². The molecule has 0 amide bonds. The molecule has 5 rings (SSSR count). The number of carboxylic acids is 1. The van der Waals surface area contributed by atoms with Crippen molar-refractivity contribution in [3.05, 3.63) is 42.2 Å². The fraction of sp³-hybridized carbons (Fsp3) is 0.567. The second-order valence-corrected chi connectivity index (χ2v) is 16.1. The van der Waals surface area contributed by atoms with E-state index in [1.165, 1.54) is 58.0 Å². The number of carbonyl (C=O) groups is 1. The molecular formula is C30H37F3N2O5S2. The average Bonchev–Trinajstić information content (AvgIpc) is 3.68. The van der Waals surface area contributed by atoms with Gasteiger partial charge in [0.1, 0.15) is 23.1 Å². The van der Waals surface area contributed by atoms with E-state index >= 15 is 0 Å². The summed E-state index contributed by atoms with van der Waals surface area (Å²) in [5, 5.41) is 9.93. The second kappa shape index (κ2) is 10.9. The smallest absolute Gasteiger partial charge is 0.312 e. The molecule has 230 valence electrons. The molecule has 1 atom stereocenters. The Morgan fingerprint density at radius 3 is 2.45 bits per heavy atom. The maximum Gasteiger partial charge on any atom is 0.312 e. The van der Waals surface area contributed by atoms with E-state index in [0.717, 1.165) is 24.1 Å². The van der Waals surface area contributed by atoms with Crippen LogP contribution in [0.4, 0.5) is 24.5 Å². The van der Waals surface area contributed by atoms with Gasteiger partial charge in [-0.15, -0.1) is 11.8 Å². The number of aliphatic carboxylic acids is 1. The molecule has 3 aliphatic rings. The molecule has 42 heavy (non-hydrogen) atoms. The molecule has 2 aliphatic carbocycles. The number of thioether (sulfide) groups is 1. The van der Waals surface area contributed by atoms with Crippen molar-refractivity contribution >= 4 is 39.1 Å². The zero-order valence-corrected chi connectivity index (χ0v) is 25.8. The van der Waals surface area contributed by atoms with Crippen molar-refractivity contribution in [2.24, 2.45) is 10.8 Å². The maximum atomic E-state index is 14.4. The molecule has 0 bridgehead atoms. The maximum absolute atomic E-state index is 14.4. The number of alkyl halides is 2. The highest BCUT2D eigenvalue weighted by atomic mass is 32.2. The molecular weight excluding hydrogens is 589 g/mol. The number of halogens is 3. The summed E-state index contributed by atoms with van der Waals surface area (Å²) in [5.41, 5.74) is -0.120. The molecule has 1 aliphatic heterocycles. The van der Waals surface area contributed by atoms with Crippen molar-refractivity contribution in [2.45, 2.75) is 86.3 Å². The van der Waals surface area contributed by atoms with Gasteiger partial charge in [-0.05, 0) is 82.6 Å². The topological polar surface area (TPSA) is 87.2 Å². The molecule has 2 aromatic carbocycles. The average molecular weight is 627 g/mol. The predicted octanol–water partition coefficient (Wildman–Crippen LogP) is 6.93. The molecule has 2 saturated carbocycles. The molecule has 0 saturated heterocycles. The normalized spacial score (nSPS) is 21.9. The third-order valence-corrected chi connectivity index (χ3v) is 11.8. The summed E-state index contributed by atoms with van der Waals surface area (Å²) in [4.78, 5) is 14.0. The number of carboxylic acid groups (broad SMARTS) is 1. The molecule has 1 heterocycles. The molecule has 1 spiro atoms. The number of ether oxygens (including phenoxy) is 1. The zero-order chi connectivity index (χ0) is 30.7. The number of rotatable bonds is 10. The Balaban J connectivity index is 1.62. The van der Waals surface area contributed by atoms with Crippen LogP contribution in [0.15, 0.2) is 46.2 Å². The highest BCUT2D eigenvalue weighted by molar-refractivity contribution is 8.00. The largest absolute Gasteiger partial charge is 0.491 e. The first-order chi connectivity index (χ1) is 19.5. The summed E-state index contributed by atoms with van der Waals surface area (Å²) in [7, 11) is -2.85. The van der Waals surface area contributed by atoms with E-state index in [1.807, 2.05) is 0 Å². The van der Waals surface area contributed by atoms with Crippen LogP contribution in [0, 0.1) is 16.6 Å². The molecule has 0 unspecified atom stereocenters. The van der Waals surface area contributed by atoms with Gasteiger partial charge in [0, 0.05) is 43.1 Å². The second-order valence-electron chi connectivity index (χ2n) is 12.8. The third-order valence-electron chi connectivity index (χ3n) is 8.66. The molecule has 7 nitrogen and oxygen atoms in total. The van der Waals surface area contributed by atoms with Gasteiger partial charge in [-0.3, -0.25) is 4.79 Å². The quantitative estimate of drug-likeness (QED) is 0.306. The Bertz CT molecular complexity index is 1470. The molecule has 2 aromatic rings. The van der Waals surface area contributed by atoms with E-state index < -0.39 is 45.6 Å². The van der Waals surface area contributed by atoms with Gasteiger partial charge in [0.2, 0.25) is 15.9 Å². The summed E-state index contributed by atoms with van der Waals surface area (Å²) < 4.78 is 77.5. The van der Waals surface area contributed by atoms with Crippen LogP contribution in [-0.4, -0.2) is 61.2 Å². The lowest BCUT2D eigenvalue weighted by Gasteiger charge is -2.36. The van der Waals surface area contributed by atoms with Crippen molar-refractivity contribution in [2.75, 3.05) is 25.1 Å². The van der Waals surface area contributed by atoms with Crippen molar-refractivity contribution < 1.29 is 36.2 Å². The number of anilines is 2. The lowest BCUT2D eigenvalue weighted by atomic mass is 9.81. The van der Waals surface area contributed by atoms with Crippen LogP contribution >= 0.6 is 11.8 Å².